The zero-order chi connectivity index (χ0) is 19.2. The van der Waals surface area contributed by atoms with Crippen molar-refractivity contribution in [3.8, 4) is 10.6 Å². The first-order valence-electron chi connectivity index (χ1n) is 7.96. The van der Waals surface area contributed by atoms with Crippen LogP contribution in [0.25, 0.3) is 20.8 Å². The second-order valence-electron chi connectivity index (χ2n) is 6.08. The van der Waals surface area contributed by atoms with Crippen molar-refractivity contribution in [2.75, 3.05) is 0 Å². The molecule has 1 aliphatic carbocycles. The molecule has 0 radical (unpaired) electrons. The van der Waals surface area contributed by atoms with E-state index in [-0.39, 0.29) is 10.6 Å². The van der Waals surface area contributed by atoms with Crippen LogP contribution < -0.4 is 5.36 Å². The summed E-state index contributed by atoms with van der Waals surface area (Å²) in [5.74, 6) is 0. The maximum atomic E-state index is 11.6. The fraction of sp³-hybridized carbons (Fsp3) is 0.0526. The topological polar surface area (TPSA) is 79.6 Å². The number of thiol groups is 1. The molecule has 2 aliphatic rings. The molecule has 2 aromatic rings. The molecule has 1 aliphatic heterocycles. The molecule has 4 rings (SSSR count). The van der Waals surface area contributed by atoms with Gasteiger partial charge in [0.15, 0.2) is 0 Å². The molecule has 0 unspecified atom stereocenters. The number of hydrogen-bond donors (Lipinski definition) is 2. The average molecular weight is 415 g/mol. The molecule has 2 aromatic carbocycles. The lowest BCUT2D eigenvalue weighted by Crippen LogP contribution is -2.03. The minimum atomic E-state index is -4.38. The molecule has 0 aromatic heterocycles. The van der Waals surface area contributed by atoms with E-state index in [1.54, 1.807) is 17.4 Å². The summed E-state index contributed by atoms with van der Waals surface area (Å²) < 4.78 is 33.7. The molecule has 1 N–H and O–H groups in total. The van der Waals surface area contributed by atoms with Crippen molar-refractivity contribution in [3.05, 3.63) is 65.5 Å². The molecule has 0 fully saturated rings. The van der Waals surface area contributed by atoms with E-state index in [2.05, 4.69) is 22.6 Å². The van der Waals surface area contributed by atoms with E-state index in [1.807, 2.05) is 37.3 Å². The van der Waals surface area contributed by atoms with Crippen LogP contribution in [0.15, 0.2) is 69.4 Å². The van der Waals surface area contributed by atoms with Crippen molar-refractivity contribution < 1.29 is 13.0 Å². The first-order valence-corrected chi connectivity index (χ1v) is 10.7. The lowest BCUT2D eigenvalue weighted by Gasteiger charge is -2.07. The molecule has 1 heterocycles. The van der Waals surface area contributed by atoms with Gasteiger partial charge in [-0.2, -0.15) is 8.42 Å². The Bertz CT molecular complexity index is 1330. The summed E-state index contributed by atoms with van der Waals surface area (Å²) in [6.07, 6.45) is 0. The number of aromatic nitrogens is 1. The Kier molecular flexibility index (Phi) is 4.51. The number of rotatable bonds is 2. The van der Waals surface area contributed by atoms with Gasteiger partial charge in [0.05, 0.1) is 31.8 Å². The molecule has 5 nitrogen and oxygen atoms in total. The number of fused-ring (bicyclic) bond motifs is 2. The molecule has 136 valence electrons. The van der Waals surface area contributed by atoms with Crippen molar-refractivity contribution in [1.29, 1.82) is 0 Å². The van der Waals surface area contributed by atoms with Crippen LogP contribution in [0.1, 0.15) is 5.56 Å². The van der Waals surface area contributed by atoms with Gasteiger partial charge in [-0.3, -0.25) is 4.55 Å². The summed E-state index contributed by atoms with van der Waals surface area (Å²) in [7, 11) is -4.38. The zero-order valence-electron chi connectivity index (χ0n) is 14.1. The summed E-state index contributed by atoms with van der Waals surface area (Å²) in [5, 5.41) is 0.566. The Morgan fingerprint density at radius 1 is 1.07 bits per heavy atom. The zero-order valence-corrected chi connectivity index (χ0v) is 16.6. The molecule has 8 heteroatoms. The third kappa shape index (κ3) is 3.74. The maximum Gasteiger partial charge on any atom is 0.296 e. The van der Waals surface area contributed by atoms with Gasteiger partial charge in [0.1, 0.15) is 4.90 Å². The monoisotopic (exact) mass is 414 g/mol. The second-order valence-corrected chi connectivity index (χ2v) is 9.07. The van der Waals surface area contributed by atoms with Gasteiger partial charge >= 0.3 is 0 Å². The summed E-state index contributed by atoms with van der Waals surface area (Å²) >= 11 is 5.82. The third-order valence-corrected chi connectivity index (χ3v) is 6.28. The van der Waals surface area contributed by atoms with Crippen LogP contribution in [0.4, 0.5) is 5.69 Å². The largest absolute Gasteiger partial charge is 0.296 e. The maximum absolute atomic E-state index is 11.6. The van der Waals surface area contributed by atoms with Crippen molar-refractivity contribution in [2.45, 2.75) is 16.7 Å². The molecular formula is C19H14N2O3S3. The Balaban J connectivity index is 1.93. The minimum absolute atomic E-state index is 0.138. The first kappa shape index (κ1) is 18.1. The molecule has 0 bridgehead atoms. The van der Waals surface area contributed by atoms with Gasteiger partial charge in [-0.25, -0.2) is 9.98 Å². The molecule has 0 amide bonds. The van der Waals surface area contributed by atoms with Gasteiger partial charge in [0.2, 0.25) is 0 Å². The molecule has 0 saturated carbocycles. The van der Waals surface area contributed by atoms with Crippen LogP contribution in [0.2, 0.25) is 0 Å². The van der Waals surface area contributed by atoms with E-state index in [4.69, 9.17) is 0 Å². The molecule has 0 spiro atoms. The first-order chi connectivity index (χ1) is 12.8. The van der Waals surface area contributed by atoms with Gasteiger partial charge in [-0.05, 0) is 61.0 Å². The van der Waals surface area contributed by atoms with E-state index < -0.39 is 10.1 Å². The number of hydrogen-bond acceptors (Lipinski definition) is 6. The molecule has 0 saturated heterocycles. The van der Waals surface area contributed by atoms with Crippen LogP contribution >= 0.6 is 24.0 Å². The second kappa shape index (κ2) is 6.72. The van der Waals surface area contributed by atoms with Gasteiger partial charge < -0.3 is 0 Å². The Hall–Kier alpha value is -2.26. The Labute approximate surface area is 165 Å². The van der Waals surface area contributed by atoms with Crippen LogP contribution in [-0.2, 0) is 10.1 Å². The van der Waals surface area contributed by atoms with E-state index in [0.29, 0.717) is 10.3 Å². The van der Waals surface area contributed by atoms with Gasteiger partial charge in [0.25, 0.3) is 10.1 Å². The van der Waals surface area contributed by atoms with Crippen molar-refractivity contribution in [1.82, 2.24) is 4.98 Å². The highest BCUT2D eigenvalue weighted by atomic mass is 32.2. The Morgan fingerprint density at radius 3 is 2.67 bits per heavy atom. The summed E-state index contributed by atoms with van der Waals surface area (Å²) in [6, 6.07) is 15.9. The number of nitrogens with zero attached hydrogens (tertiary/aromatic N) is 2. The quantitative estimate of drug-likeness (QED) is 0.288. The van der Waals surface area contributed by atoms with E-state index in [1.165, 1.54) is 18.2 Å². The van der Waals surface area contributed by atoms with E-state index >= 15 is 0 Å². The molecular weight excluding hydrogens is 400 g/mol. The molecule has 0 atom stereocenters. The van der Waals surface area contributed by atoms with Crippen molar-refractivity contribution in [3.63, 3.8) is 0 Å². The molecule has 27 heavy (non-hydrogen) atoms. The number of aryl methyl sites for hydroxylation is 1. The average Bonchev–Trinajstić information content (AvgIpc) is 2.59. The van der Waals surface area contributed by atoms with Crippen molar-refractivity contribution in [2.24, 2.45) is 4.99 Å². The fourth-order valence-corrected chi connectivity index (χ4v) is 4.53. The van der Waals surface area contributed by atoms with Gasteiger partial charge in [-0.15, -0.1) is 24.0 Å². The van der Waals surface area contributed by atoms with Crippen LogP contribution in [-0.4, -0.2) is 18.0 Å². The predicted molar refractivity (Wildman–Crippen MR) is 110 cm³/mol. The Morgan fingerprint density at radius 2 is 1.89 bits per heavy atom. The highest BCUT2D eigenvalue weighted by Crippen LogP contribution is 2.30. The standard InChI is InChI=1S/C19H14N2O3S3/c1-11-2-6-17-15(8-11)21-14-5-3-12(9-18(14)26-17)20-16-10-13(25)4-7-19(16)27(22,23)24/h2-10,25H,1H3,(H,22,23,24). The van der Waals surface area contributed by atoms with Crippen LogP contribution in [0, 0.1) is 6.92 Å². The fourth-order valence-electron chi connectivity index (χ4n) is 2.75. The van der Waals surface area contributed by atoms with Crippen molar-refractivity contribution >= 4 is 50.0 Å². The van der Waals surface area contributed by atoms with Crippen LogP contribution in [0.5, 0.6) is 0 Å². The number of benzene rings is 3. The van der Waals surface area contributed by atoms with Gasteiger partial charge in [-0.1, -0.05) is 6.07 Å². The van der Waals surface area contributed by atoms with E-state index in [9.17, 15) is 13.0 Å². The minimum Gasteiger partial charge on any atom is -0.282 e. The highest BCUT2D eigenvalue weighted by molar-refractivity contribution is 7.86. The third-order valence-electron chi connectivity index (χ3n) is 3.99. The summed E-state index contributed by atoms with van der Waals surface area (Å²) in [6.45, 7) is 2.03. The van der Waals surface area contributed by atoms with Crippen LogP contribution in [0.3, 0.4) is 0 Å². The smallest absolute Gasteiger partial charge is 0.282 e. The lowest BCUT2D eigenvalue weighted by molar-refractivity contribution is 0.483. The predicted octanol–water partition coefficient (Wildman–Crippen LogP) is 4.48. The summed E-state index contributed by atoms with van der Waals surface area (Å²) in [4.78, 5) is 10.3. The van der Waals surface area contributed by atoms with Gasteiger partial charge in [0, 0.05) is 4.90 Å². The lowest BCUT2D eigenvalue weighted by atomic mass is 10.2. The highest BCUT2D eigenvalue weighted by Gasteiger charge is 2.15. The SMILES string of the molecule is Cc1ccc2sc3cc(=Nc4cc(S)ccc4S(=O)(=O)O)ccc-3nc2c1. The summed E-state index contributed by atoms with van der Waals surface area (Å²) in [5.41, 5.74) is 3.07. The normalized spacial score (nSPS) is 12.8. The van der Waals surface area contributed by atoms with E-state index in [0.717, 1.165) is 26.4 Å².